The maximum absolute atomic E-state index is 12.6. The van der Waals surface area contributed by atoms with Gasteiger partial charge in [0.1, 0.15) is 0 Å². The van der Waals surface area contributed by atoms with E-state index < -0.39 is 17.7 Å². The van der Waals surface area contributed by atoms with Gasteiger partial charge in [0.15, 0.2) is 0 Å². The van der Waals surface area contributed by atoms with E-state index in [9.17, 15) is 18.0 Å². The van der Waals surface area contributed by atoms with Gasteiger partial charge in [0.05, 0.1) is 19.1 Å². The molecule has 0 amide bonds. The van der Waals surface area contributed by atoms with Crippen LogP contribution in [0.15, 0.2) is 18.2 Å². The summed E-state index contributed by atoms with van der Waals surface area (Å²) >= 11 is 1.89. The molecule has 0 atom stereocenters. The monoisotopic (exact) mass is 344 g/mol. The smallest absolute Gasteiger partial charge is 0.416 e. The highest BCUT2D eigenvalue weighted by molar-refractivity contribution is 14.1. The number of esters is 1. The Hall–Kier alpha value is -0.790. The van der Waals surface area contributed by atoms with Gasteiger partial charge < -0.3 is 4.74 Å². The van der Waals surface area contributed by atoms with Crippen molar-refractivity contribution in [1.82, 2.24) is 0 Å². The molecule has 0 fully saturated rings. The molecule has 0 aliphatic heterocycles. The second kappa shape index (κ2) is 5.03. The van der Waals surface area contributed by atoms with Crippen molar-refractivity contribution in [3.05, 3.63) is 32.9 Å². The average molecular weight is 344 g/mol. The van der Waals surface area contributed by atoms with Crippen LogP contribution >= 0.6 is 22.6 Å². The van der Waals surface area contributed by atoms with Gasteiger partial charge in [-0.15, -0.1) is 0 Å². The van der Waals surface area contributed by atoms with Gasteiger partial charge in [-0.3, -0.25) is 4.79 Å². The first-order valence-electron chi connectivity index (χ1n) is 4.27. The van der Waals surface area contributed by atoms with Crippen molar-refractivity contribution in [3.8, 4) is 0 Å². The lowest BCUT2D eigenvalue weighted by atomic mass is 10.0. The van der Waals surface area contributed by atoms with Crippen LogP contribution in [0.5, 0.6) is 0 Å². The van der Waals surface area contributed by atoms with E-state index >= 15 is 0 Å². The van der Waals surface area contributed by atoms with Gasteiger partial charge in [-0.05, 0) is 46.4 Å². The Kier molecular flexibility index (Phi) is 4.17. The summed E-state index contributed by atoms with van der Waals surface area (Å²) in [5, 5.41) is 0. The minimum atomic E-state index is -4.45. The van der Waals surface area contributed by atoms with Crippen LogP contribution in [0.2, 0.25) is 0 Å². The van der Waals surface area contributed by atoms with Gasteiger partial charge >= 0.3 is 12.1 Å². The number of alkyl halides is 3. The molecular weight excluding hydrogens is 336 g/mol. The van der Waals surface area contributed by atoms with E-state index in [0.717, 1.165) is 13.2 Å². The van der Waals surface area contributed by atoms with E-state index in [-0.39, 0.29) is 12.0 Å². The van der Waals surface area contributed by atoms with E-state index in [1.54, 1.807) is 0 Å². The highest BCUT2D eigenvalue weighted by atomic mass is 127. The van der Waals surface area contributed by atoms with E-state index in [4.69, 9.17) is 0 Å². The molecule has 0 saturated heterocycles. The van der Waals surface area contributed by atoms with E-state index in [1.165, 1.54) is 12.1 Å². The molecular formula is C10H8F3IO2. The summed E-state index contributed by atoms with van der Waals surface area (Å²) in [5.74, 6) is -0.688. The Labute approximate surface area is 104 Å². The van der Waals surface area contributed by atoms with Crippen LogP contribution < -0.4 is 0 Å². The van der Waals surface area contributed by atoms with E-state index in [2.05, 4.69) is 4.74 Å². The predicted octanol–water partition coefficient (Wildman–Crippen LogP) is 3.03. The molecule has 0 N–H and O–H groups in total. The first kappa shape index (κ1) is 13.3. The van der Waals surface area contributed by atoms with Gasteiger partial charge in [-0.1, -0.05) is 0 Å². The summed E-state index contributed by atoms with van der Waals surface area (Å²) in [7, 11) is 1.14. The summed E-state index contributed by atoms with van der Waals surface area (Å²) in [4.78, 5) is 11.0. The second-order valence-corrected chi connectivity index (χ2v) is 4.30. The summed E-state index contributed by atoms with van der Waals surface area (Å²) in [6.07, 6.45) is -4.82. The minimum Gasteiger partial charge on any atom is -0.469 e. The average Bonchev–Trinajstić information content (AvgIpc) is 2.15. The fourth-order valence-electron chi connectivity index (χ4n) is 1.21. The molecule has 6 heteroatoms. The third kappa shape index (κ3) is 3.36. The Morgan fingerprint density at radius 2 is 2.06 bits per heavy atom. The van der Waals surface area contributed by atoms with Crippen LogP contribution in [-0.4, -0.2) is 13.1 Å². The highest BCUT2D eigenvalue weighted by Crippen LogP contribution is 2.33. The topological polar surface area (TPSA) is 26.3 Å². The van der Waals surface area contributed by atoms with Crippen molar-refractivity contribution in [3.63, 3.8) is 0 Å². The number of rotatable bonds is 2. The van der Waals surface area contributed by atoms with Crippen molar-refractivity contribution >= 4 is 28.6 Å². The molecule has 0 heterocycles. The molecule has 0 saturated carbocycles. The Morgan fingerprint density at radius 3 is 2.56 bits per heavy atom. The predicted molar refractivity (Wildman–Crippen MR) is 59.9 cm³/mol. The molecule has 1 rings (SSSR count). The summed E-state index contributed by atoms with van der Waals surface area (Å²) in [6, 6.07) is 3.66. The van der Waals surface area contributed by atoms with Crippen LogP contribution in [0, 0.1) is 3.57 Å². The number of carbonyl (C=O) groups is 1. The zero-order valence-corrected chi connectivity index (χ0v) is 10.4. The maximum Gasteiger partial charge on any atom is 0.416 e. The van der Waals surface area contributed by atoms with Crippen LogP contribution in [0.25, 0.3) is 0 Å². The van der Waals surface area contributed by atoms with Gasteiger partial charge in [0.25, 0.3) is 0 Å². The van der Waals surface area contributed by atoms with Gasteiger partial charge in [0, 0.05) is 3.57 Å². The molecule has 0 aromatic heterocycles. The van der Waals surface area contributed by atoms with Crippen LogP contribution in [0.4, 0.5) is 13.2 Å². The molecule has 0 unspecified atom stereocenters. The summed E-state index contributed by atoms with van der Waals surface area (Å²) in [5.41, 5.74) is -0.857. The number of methoxy groups -OCH3 is 1. The summed E-state index contributed by atoms with van der Waals surface area (Å²) < 4.78 is 42.7. The Bertz CT molecular complexity index is 402. The molecule has 0 aliphatic carbocycles. The Balaban J connectivity index is 3.13. The van der Waals surface area contributed by atoms with Crippen LogP contribution in [-0.2, 0) is 22.1 Å². The number of carbonyl (C=O) groups excluding carboxylic acids is 1. The molecule has 1 aromatic rings. The number of halogens is 4. The molecule has 0 aliphatic rings. The van der Waals surface area contributed by atoms with Crippen molar-refractivity contribution in [1.29, 1.82) is 0 Å². The molecule has 16 heavy (non-hydrogen) atoms. The van der Waals surface area contributed by atoms with Gasteiger partial charge in [-0.25, -0.2) is 0 Å². The van der Waals surface area contributed by atoms with Crippen molar-refractivity contribution < 1.29 is 22.7 Å². The lowest BCUT2D eigenvalue weighted by Crippen LogP contribution is -2.13. The van der Waals surface area contributed by atoms with Crippen LogP contribution in [0.3, 0.4) is 0 Å². The van der Waals surface area contributed by atoms with E-state index in [1.807, 2.05) is 22.6 Å². The zero-order chi connectivity index (χ0) is 12.3. The first-order valence-corrected chi connectivity index (χ1v) is 5.35. The normalized spacial score (nSPS) is 11.3. The third-order valence-corrected chi connectivity index (χ3v) is 2.61. The molecule has 88 valence electrons. The lowest BCUT2D eigenvalue weighted by Gasteiger charge is -2.12. The number of benzene rings is 1. The quantitative estimate of drug-likeness (QED) is 0.609. The fourth-order valence-corrected chi connectivity index (χ4v) is 1.77. The summed E-state index contributed by atoms with van der Waals surface area (Å²) in [6.45, 7) is 0. The second-order valence-electron chi connectivity index (χ2n) is 3.05. The van der Waals surface area contributed by atoms with Gasteiger partial charge in [0.2, 0.25) is 0 Å². The SMILES string of the molecule is COC(=O)Cc1cc(I)ccc1C(F)(F)F. The van der Waals surface area contributed by atoms with Gasteiger partial charge in [-0.2, -0.15) is 13.2 Å². The standard InChI is InChI=1S/C10H8F3IO2/c1-16-9(15)5-6-4-7(14)2-3-8(6)10(11,12)13/h2-4H,5H2,1H3. The van der Waals surface area contributed by atoms with Crippen molar-refractivity contribution in [2.24, 2.45) is 0 Å². The number of hydrogen-bond donors (Lipinski definition) is 0. The van der Waals surface area contributed by atoms with Crippen LogP contribution in [0.1, 0.15) is 11.1 Å². The lowest BCUT2D eigenvalue weighted by molar-refractivity contribution is -0.141. The third-order valence-electron chi connectivity index (χ3n) is 1.94. The molecule has 0 radical (unpaired) electrons. The minimum absolute atomic E-state index is 0.0637. The highest BCUT2D eigenvalue weighted by Gasteiger charge is 2.33. The molecule has 2 nitrogen and oxygen atoms in total. The molecule has 1 aromatic carbocycles. The molecule has 0 spiro atoms. The maximum atomic E-state index is 12.6. The van der Waals surface area contributed by atoms with Crippen molar-refractivity contribution in [2.45, 2.75) is 12.6 Å². The zero-order valence-electron chi connectivity index (χ0n) is 8.27. The largest absolute Gasteiger partial charge is 0.469 e. The molecule has 0 bridgehead atoms. The fraction of sp³-hybridized carbons (Fsp3) is 0.300. The van der Waals surface area contributed by atoms with E-state index in [0.29, 0.717) is 3.57 Å². The number of hydrogen-bond acceptors (Lipinski definition) is 2. The number of ether oxygens (including phenoxy) is 1. The van der Waals surface area contributed by atoms with Crippen molar-refractivity contribution in [2.75, 3.05) is 7.11 Å². The Morgan fingerprint density at radius 1 is 1.44 bits per heavy atom. The first-order chi connectivity index (χ1) is 7.34.